The van der Waals surface area contributed by atoms with Gasteiger partial charge in [0.2, 0.25) is 0 Å². The predicted octanol–water partition coefficient (Wildman–Crippen LogP) is 2.41. The van der Waals surface area contributed by atoms with E-state index in [1.54, 1.807) is 0 Å². The molecular weight excluding hydrogens is 376 g/mol. The van der Waals surface area contributed by atoms with Gasteiger partial charge < -0.3 is 0 Å². The van der Waals surface area contributed by atoms with E-state index in [2.05, 4.69) is 0 Å². The van der Waals surface area contributed by atoms with E-state index in [1.165, 1.54) is 6.92 Å². The Balaban J connectivity index is 7.19. The quantitative estimate of drug-likeness (QED) is 0.513. The molecule has 0 radical (unpaired) electrons. The minimum atomic E-state index is -6.71. The summed E-state index contributed by atoms with van der Waals surface area (Å²) in [6.07, 6.45) is -1.45. The molecule has 0 aliphatic rings. The van der Waals surface area contributed by atoms with Crippen molar-refractivity contribution in [1.82, 2.24) is 0 Å². The third-order valence-electron chi connectivity index (χ3n) is 3.60. The number of alkyl halides is 6. The standard InChI is InChI=1S/C10H18F6NO4S2/c1-5-7-17(3,4)8(6-2,22(18,19)9(11,12)13)23(20,21)10(14,15)16/h5-7H2,1-4H3/q+1. The van der Waals surface area contributed by atoms with Crippen LogP contribution in [0.2, 0.25) is 0 Å². The predicted molar refractivity (Wildman–Crippen MR) is 70.2 cm³/mol. The van der Waals surface area contributed by atoms with Crippen LogP contribution in [0.1, 0.15) is 26.7 Å². The summed E-state index contributed by atoms with van der Waals surface area (Å²) >= 11 is 0. The van der Waals surface area contributed by atoms with Crippen LogP contribution in [-0.4, -0.2) is 57.2 Å². The van der Waals surface area contributed by atoms with E-state index < -0.39 is 52.3 Å². The van der Waals surface area contributed by atoms with Crippen molar-refractivity contribution in [2.75, 3.05) is 20.6 Å². The number of sulfone groups is 2. The van der Waals surface area contributed by atoms with Crippen molar-refractivity contribution in [3.63, 3.8) is 0 Å². The molecule has 0 aromatic rings. The van der Waals surface area contributed by atoms with Crippen LogP contribution >= 0.6 is 0 Å². The Morgan fingerprint density at radius 1 is 0.783 bits per heavy atom. The second-order valence-corrected chi connectivity index (χ2v) is 9.92. The van der Waals surface area contributed by atoms with E-state index in [-0.39, 0.29) is 6.42 Å². The number of halogens is 6. The van der Waals surface area contributed by atoms with E-state index in [0.717, 1.165) is 14.1 Å². The SMILES string of the molecule is CCC[N+](C)(C)C(CC)(S(=O)(=O)C(F)(F)F)S(=O)(=O)C(F)(F)F. The molecule has 0 saturated heterocycles. The second-order valence-electron chi connectivity index (χ2n) is 5.37. The lowest BCUT2D eigenvalue weighted by Gasteiger charge is -2.46. The van der Waals surface area contributed by atoms with E-state index in [9.17, 15) is 43.2 Å². The summed E-state index contributed by atoms with van der Waals surface area (Å²) in [6, 6.07) is 0. The summed E-state index contributed by atoms with van der Waals surface area (Å²) in [5, 5.41) is 0. The van der Waals surface area contributed by atoms with Crippen molar-refractivity contribution in [1.29, 1.82) is 0 Å². The maximum absolute atomic E-state index is 13.0. The Morgan fingerprint density at radius 3 is 1.26 bits per heavy atom. The number of rotatable bonds is 6. The maximum Gasteiger partial charge on any atom is 0.504 e. The molecule has 0 amide bonds. The van der Waals surface area contributed by atoms with Gasteiger partial charge in [-0.05, 0) is 6.42 Å². The summed E-state index contributed by atoms with van der Waals surface area (Å²) in [5.74, 6) is 0. The third kappa shape index (κ3) is 3.06. The van der Waals surface area contributed by atoms with Crippen LogP contribution in [-0.2, 0) is 19.7 Å². The molecule has 0 N–H and O–H groups in total. The van der Waals surface area contributed by atoms with Gasteiger partial charge in [-0.3, -0.25) is 4.48 Å². The van der Waals surface area contributed by atoms with Crippen molar-refractivity contribution < 1.29 is 47.7 Å². The molecule has 0 bridgehead atoms. The molecule has 140 valence electrons. The molecule has 0 atom stereocenters. The highest BCUT2D eigenvalue weighted by Gasteiger charge is 2.79. The first-order valence-corrected chi connectivity index (χ1v) is 9.29. The van der Waals surface area contributed by atoms with Gasteiger partial charge in [-0.1, -0.05) is 13.8 Å². The Bertz CT molecular complexity index is 589. The highest BCUT2D eigenvalue weighted by atomic mass is 32.3. The van der Waals surface area contributed by atoms with Gasteiger partial charge >= 0.3 is 34.9 Å². The zero-order valence-electron chi connectivity index (χ0n) is 12.8. The van der Waals surface area contributed by atoms with E-state index >= 15 is 0 Å². The molecule has 0 aromatic heterocycles. The van der Waals surface area contributed by atoms with Crippen molar-refractivity contribution in [2.45, 2.75) is 41.9 Å². The summed E-state index contributed by atoms with van der Waals surface area (Å²) in [5.41, 5.74) is -12.3. The zero-order chi connectivity index (χ0) is 19.1. The van der Waals surface area contributed by atoms with Crippen LogP contribution in [0.5, 0.6) is 0 Å². The molecular formula is C10H18F6NO4S2+. The average Bonchev–Trinajstić information content (AvgIpc) is 2.25. The fraction of sp³-hybridized carbons (Fsp3) is 1.00. The molecule has 0 saturated carbocycles. The molecule has 0 fully saturated rings. The average molecular weight is 394 g/mol. The third-order valence-corrected chi connectivity index (χ3v) is 9.38. The minimum Gasteiger partial charge on any atom is -0.298 e. The Morgan fingerprint density at radius 2 is 1.09 bits per heavy atom. The highest BCUT2D eigenvalue weighted by Crippen LogP contribution is 2.49. The second kappa shape index (κ2) is 6.06. The van der Waals surface area contributed by atoms with Gasteiger partial charge in [-0.15, -0.1) is 0 Å². The van der Waals surface area contributed by atoms with Crippen molar-refractivity contribution in [3.8, 4) is 0 Å². The molecule has 0 aliphatic heterocycles. The normalized spacial score (nSPS) is 15.7. The first kappa shape index (κ1) is 22.4. The van der Waals surface area contributed by atoms with E-state index in [0.29, 0.717) is 6.92 Å². The summed E-state index contributed by atoms with van der Waals surface area (Å²) in [7, 11) is -12.0. The molecule has 0 rings (SSSR count). The molecule has 0 unspecified atom stereocenters. The van der Waals surface area contributed by atoms with Crippen LogP contribution in [0.3, 0.4) is 0 Å². The highest BCUT2D eigenvalue weighted by molar-refractivity contribution is 8.10. The zero-order valence-corrected chi connectivity index (χ0v) is 14.4. The maximum atomic E-state index is 13.0. The van der Waals surface area contributed by atoms with Gasteiger partial charge in [0, 0.05) is 6.42 Å². The Hall–Kier alpha value is -0.560. The summed E-state index contributed by atoms with van der Waals surface area (Å²) in [4.78, 5) is 0. The van der Waals surface area contributed by atoms with Crippen LogP contribution in [0, 0.1) is 0 Å². The fourth-order valence-electron chi connectivity index (χ4n) is 2.69. The monoisotopic (exact) mass is 394 g/mol. The van der Waals surface area contributed by atoms with Gasteiger partial charge in [0.05, 0.1) is 20.6 Å². The Kier molecular flexibility index (Phi) is 5.91. The van der Waals surface area contributed by atoms with Gasteiger partial charge in [0.1, 0.15) is 0 Å². The number of nitrogens with zero attached hydrogens (tertiary/aromatic N) is 1. The molecule has 13 heteroatoms. The topological polar surface area (TPSA) is 68.3 Å². The smallest absolute Gasteiger partial charge is 0.298 e. The van der Waals surface area contributed by atoms with Crippen molar-refractivity contribution in [3.05, 3.63) is 0 Å². The lowest BCUT2D eigenvalue weighted by Crippen LogP contribution is -2.71. The lowest BCUT2D eigenvalue weighted by molar-refractivity contribution is -0.912. The van der Waals surface area contributed by atoms with Crippen LogP contribution in [0.4, 0.5) is 26.3 Å². The van der Waals surface area contributed by atoms with Crippen LogP contribution in [0.25, 0.3) is 0 Å². The van der Waals surface area contributed by atoms with E-state index in [4.69, 9.17) is 0 Å². The largest absolute Gasteiger partial charge is 0.504 e. The van der Waals surface area contributed by atoms with Gasteiger partial charge in [-0.2, -0.15) is 26.3 Å². The lowest BCUT2D eigenvalue weighted by atomic mass is 10.3. The van der Waals surface area contributed by atoms with E-state index in [1.807, 2.05) is 0 Å². The minimum absolute atomic E-state index is 0.0322. The molecule has 0 heterocycles. The number of quaternary nitrogens is 1. The van der Waals surface area contributed by atoms with Crippen molar-refractivity contribution in [2.24, 2.45) is 0 Å². The molecule has 0 spiro atoms. The molecule has 5 nitrogen and oxygen atoms in total. The van der Waals surface area contributed by atoms with Crippen LogP contribution in [0.15, 0.2) is 0 Å². The molecule has 0 aliphatic carbocycles. The fourth-order valence-corrected chi connectivity index (χ4v) is 7.38. The molecule has 0 aromatic carbocycles. The van der Waals surface area contributed by atoms with Crippen molar-refractivity contribution >= 4 is 19.7 Å². The van der Waals surface area contributed by atoms with Gasteiger partial charge in [0.25, 0.3) is 0 Å². The van der Waals surface area contributed by atoms with Gasteiger partial charge in [-0.25, -0.2) is 16.8 Å². The van der Waals surface area contributed by atoms with Gasteiger partial charge in [0.15, 0.2) is 0 Å². The summed E-state index contributed by atoms with van der Waals surface area (Å²) in [6.45, 7) is 1.52. The van der Waals surface area contributed by atoms with Crippen LogP contribution < -0.4 is 0 Å². The Labute approximate surface area is 130 Å². The molecule has 23 heavy (non-hydrogen) atoms. The number of hydrogen-bond donors (Lipinski definition) is 0. The summed E-state index contributed by atoms with van der Waals surface area (Å²) < 4.78 is 120. The first-order chi connectivity index (χ1) is 9.87. The number of hydrogen-bond acceptors (Lipinski definition) is 4. The first-order valence-electron chi connectivity index (χ1n) is 6.32.